The summed E-state index contributed by atoms with van der Waals surface area (Å²) in [6.07, 6.45) is 86.2. The Morgan fingerprint density at radius 1 is 0.434 bits per heavy atom. The minimum Gasteiger partial charge on any atom is -0.456 e. The molecule has 0 saturated heterocycles. The Bertz CT molecular complexity index is 1830. The Balaban J connectivity index is 5.27. The quantitative estimate of drug-likeness (QED) is 0.0205. The second-order valence-corrected chi connectivity index (χ2v) is 25.1. The van der Waals surface area contributed by atoms with Gasteiger partial charge in [0, 0.05) is 12.8 Å². The number of rotatable bonds is 60. The van der Waals surface area contributed by atoms with Crippen molar-refractivity contribution in [3.05, 3.63) is 122 Å². The van der Waals surface area contributed by atoms with Crippen LogP contribution in [-0.4, -0.2) is 74.3 Å². The fraction of sp³-hybridized carbons (Fsp3) is 0.699. The van der Waals surface area contributed by atoms with Crippen molar-refractivity contribution in [1.82, 2.24) is 5.32 Å². The number of hydrogen-bond acceptors (Lipinski definition) is 6. The van der Waals surface area contributed by atoms with E-state index in [2.05, 4.69) is 135 Å². The molecule has 83 heavy (non-hydrogen) atoms. The van der Waals surface area contributed by atoms with Crippen LogP contribution in [-0.2, 0) is 27.9 Å². The van der Waals surface area contributed by atoms with Crippen molar-refractivity contribution in [3.63, 3.8) is 0 Å². The number of nitrogens with zero attached hydrogens (tertiary/aromatic N) is 1. The number of nitrogens with one attached hydrogen (secondary N) is 1. The first-order chi connectivity index (χ1) is 40.4. The fourth-order valence-electron chi connectivity index (χ4n) is 9.19. The molecule has 0 bridgehead atoms. The van der Waals surface area contributed by atoms with Crippen LogP contribution < -0.4 is 5.32 Å². The molecule has 0 rings (SSSR count). The van der Waals surface area contributed by atoms with Crippen molar-refractivity contribution in [2.24, 2.45) is 0 Å². The number of esters is 1. The largest absolute Gasteiger partial charge is 0.472 e. The highest BCUT2D eigenvalue weighted by molar-refractivity contribution is 7.47. The number of likely N-dealkylation sites (N-methyl/N-ethyl adjacent to an activating group) is 1. The summed E-state index contributed by atoms with van der Waals surface area (Å²) in [4.78, 5) is 37.9. The third kappa shape index (κ3) is 62.8. The molecule has 3 atom stereocenters. The summed E-state index contributed by atoms with van der Waals surface area (Å²) in [7, 11) is 1.46. The van der Waals surface area contributed by atoms with Crippen molar-refractivity contribution in [2.75, 3.05) is 40.9 Å². The minimum absolute atomic E-state index is 0.0282. The molecule has 0 aliphatic heterocycles. The van der Waals surface area contributed by atoms with Crippen LogP contribution in [0, 0.1) is 0 Å². The van der Waals surface area contributed by atoms with E-state index >= 15 is 0 Å². The average molecular weight is 1180 g/mol. The number of ether oxygens (including phenoxy) is 1. The monoisotopic (exact) mass is 1180 g/mol. The van der Waals surface area contributed by atoms with Crippen LogP contribution in [0.2, 0.25) is 0 Å². The smallest absolute Gasteiger partial charge is 0.456 e. The summed E-state index contributed by atoms with van der Waals surface area (Å²) in [6, 6.07) is -0.872. The summed E-state index contributed by atoms with van der Waals surface area (Å²) in [5.41, 5.74) is 0. The van der Waals surface area contributed by atoms with Gasteiger partial charge in [0.1, 0.15) is 19.3 Å². The summed E-state index contributed by atoms with van der Waals surface area (Å²) in [6.45, 7) is 6.85. The van der Waals surface area contributed by atoms with Gasteiger partial charge in [-0.1, -0.05) is 265 Å². The van der Waals surface area contributed by atoms with Gasteiger partial charge in [-0.2, -0.15) is 0 Å². The number of hydrogen-bond donors (Lipinski definition) is 2. The highest BCUT2D eigenvalue weighted by Crippen LogP contribution is 2.43. The Morgan fingerprint density at radius 2 is 0.771 bits per heavy atom. The van der Waals surface area contributed by atoms with Gasteiger partial charge in [0.15, 0.2) is 0 Å². The van der Waals surface area contributed by atoms with Crippen molar-refractivity contribution < 1.29 is 37.3 Å². The predicted octanol–water partition coefficient (Wildman–Crippen LogP) is 21.4. The molecule has 0 aliphatic carbocycles. The molecule has 0 saturated carbocycles. The second kappa shape index (κ2) is 61.5. The van der Waals surface area contributed by atoms with E-state index < -0.39 is 20.0 Å². The Kier molecular flexibility index (Phi) is 58.8. The van der Waals surface area contributed by atoms with Crippen LogP contribution in [0.1, 0.15) is 278 Å². The minimum atomic E-state index is -4.47. The number of allylic oxidation sites excluding steroid dienone is 19. The van der Waals surface area contributed by atoms with Crippen LogP contribution >= 0.6 is 7.82 Å². The predicted molar refractivity (Wildman–Crippen MR) is 360 cm³/mol. The van der Waals surface area contributed by atoms with Gasteiger partial charge in [-0.25, -0.2) is 4.57 Å². The molecule has 0 heterocycles. The molecular weight excluding hydrogens is 1050 g/mol. The van der Waals surface area contributed by atoms with Crippen LogP contribution in [0.4, 0.5) is 0 Å². The number of quaternary nitrogens is 1. The van der Waals surface area contributed by atoms with Gasteiger partial charge in [-0.3, -0.25) is 18.6 Å². The second-order valence-electron chi connectivity index (χ2n) is 23.6. The van der Waals surface area contributed by atoms with Crippen LogP contribution in [0.5, 0.6) is 0 Å². The average Bonchev–Trinajstić information content (AvgIpc) is 3.46. The normalized spacial score (nSPS) is 14.3. The zero-order chi connectivity index (χ0) is 60.7. The maximum atomic E-state index is 13.6. The molecule has 0 aromatic rings. The zero-order valence-electron chi connectivity index (χ0n) is 54.4. The number of carbonyl (C=O) groups excluding carboxylic acids is 2. The lowest BCUT2D eigenvalue weighted by Gasteiger charge is -2.27. The molecule has 0 radical (unpaired) electrons. The van der Waals surface area contributed by atoms with Gasteiger partial charge in [-0.15, -0.1) is 0 Å². The molecule has 3 unspecified atom stereocenters. The lowest BCUT2D eigenvalue weighted by atomic mass is 10.0. The van der Waals surface area contributed by atoms with E-state index in [4.69, 9.17) is 13.8 Å². The zero-order valence-corrected chi connectivity index (χ0v) is 55.3. The molecule has 0 aliphatic rings. The third-order valence-electron chi connectivity index (χ3n) is 14.4. The van der Waals surface area contributed by atoms with Crippen molar-refractivity contribution >= 4 is 19.7 Å². The molecule has 2 N–H and O–H groups in total. The van der Waals surface area contributed by atoms with Gasteiger partial charge >= 0.3 is 13.8 Å². The van der Waals surface area contributed by atoms with Gasteiger partial charge in [0.2, 0.25) is 5.91 Å². The Morgan fingerprint density at radius 3 is 1.18 bits per heavy atom. The Hall–Kier alpha value is -3.59. The molecular formula is C73H128N2O7P+. The topological polar surface area (TPSA) is 111 Å². The van der Waals surface area contributed by atoms with E-state index in [-0.39, 0.29) is 31.5 Å². The molecule has 476 valence electrons. The van der Waals surface area contributed by atoms with Gasteiger partial charge < -0.3 is 19.4 Å². The highest BCUT2D eigenvalue weighted by Gasteiger charge is 2.30. The van der Waals surface area contributed by atoms with Gasteiger partial charge in [-0.05, 0) is 122 Å². The molecule has 0 spiro atoms. The maximum Gasteiger partial charge on any atom is 0.472 e. The summed E-state index contributed by atoms with van der Waals surface area (Å²) >= 11 is 0. The molecule has 0 aromatic carbocycles. The maximum absolute atomic E-state index is 13.6. The molecule has 0 fully saturated rings. The standard InChI is InChI=1S/C73H127N2O7P/c1-7-10-13-16-19-22-25-28-30-32-34-36-37-39-40-42-44-47-50-53-56-59-62-65-72(76)74-70(69-81-83(78,79)80-68-67-75(4,5)6)71(64-61-58-55-52-49-46-27-24-21-18-15-12-9-3)82-73(77)66-63-60-57-54-51-48-45-43-41-38-35-33-31-29-26-23-20-17-14-11-8-2/h10,13,19-20,22-23,28-31,34-36,38-40,43,45,61,64,70-71H,7-9,11-12,14-18,21,24-27,32-33,37,41-42,44,46-60,62-63,65-69H2,1-6H3,(H-,74,76,78,79)/p+1/b13-10-,22-19-,23-20-,30-28-,31-29-,36-34-,38-35-,40-39-,45-43-,64-61+. The summed E-state index contributed by atoms with van der Waals surface area (Å²) < 4.78 is 30.8. The van der Waals surface area contributed by atoms with Gasteiger partial charge in [0.05, 0.1) is 33.8 Å². The van der Waals surface area contributed by atoms with Crippen molar-refractivity contribution in [2.45, 2.75) is 290 Å². The van der Waals surface area contributed by atoms with Gasteiger partial charge in [0.25, 0.3) is 0 Å². The van der Waals surface area contributed by atoms with E-state index in [1.165, 1.54) is 103 Å². The van der Waals surface area contributed by atoms with Crippen molar-refractivity contribution in [1.29, 1.82) is 0 Å². The first-order valence-electron chi connectivity index (χ1n) is 33.9. The van der Waals surface area contributed by atoms with Crippen LogP contribution in [0.15, 0.2) is 122 Å². The molecule has 0 aromatic heterocycles. The summed E-state index contributed by atoms with van der Waals surface area (Å²) in [5.74, 6) is -0.542. The Labute approximate surface area is 512 Å². The number of unbranched alkanes of at least 4 members (excludes halogenated alkanes) is 26. The van der Waals surface area contributed by atoms with E-state index in [0.29, 0.717) is 23.9 Å². The number of phosphoric ester groups is 1. The van der Waals surface area contributed by atoms with Crippen LogP contribution in [0.25, 0.3) is 0 Å². The first-order valence-corrected chi connectivity index (χ1v) is 35.4. The summed E-state index contributed by atoms with van der Waals surface area (Å²) in [5, 5.41) is 3.05. The molecule has 1 amide bonds. The lowest BCUT2D eigenvalue weighted by molar-refractivity contribution is -0.870. The van der Waals surface area contributed by atoms with E-state index in [0.717, 1.165) is 135 Å². The fourth-order valence-corrected chi connectivity index (χ4v) is 9.92. The molecule has 9 nitrogen and oxygen atoms in total. The SMILES string of the molecule is CC/C=C\C/C=C\C/C=C\C/C=C\C/C=C\CCCCCCCCCC(=O)NC(COP(=O)(O)OCC[N+](C)(C)C)C(/C=C/CCCCCCCCCCCCC)OC(=O)CCCCCCC/C=C\C/C=C\C/C=C\C/C=C\CCCCC. The third-order valence-corrected chi connectivity index (χ3v) is 15.4. The molecule has 10 heteroatoms. The number of amides is 1. The van der Waals surface area contributed by atoms with E-state index in [1.807, 2.05) is 33.3 Å². The van der Waals surface area contributed by atoms with Crippen LogP contribution in [0.3, 0.4) is 0 Å². The van der Waals surface area contributed by atoms with E-state index in [1.54, 1.807) is 0 Å². The van der Waals surface area contributed by atoms with E-state index in [9.17, 15) is 19.0 Å². The highest BCUT2D eigenvalue weighted by atomic mass is 31.2. The number of carbonyl (C=O) groups is 2. The lowest BCUT2D eigenvalue weighted by Crippen LogP contribution is -2.47. The number of phosphoric acid groups is 1. The first kappa shape index (κ1) is 79.4. The van der Waals surface area contributed by atoms with Crippen molar-refractivity contribution in [3.8, 4) is 0 Å².